The fraction of sp³-hybridized carbons (Fsp3) is 0.260. The second-order valence-corrected chi connectivity index (χ2v) is 27.5. The molecule has 0 fully saturated rings. The Morgan fingerprint density at radius 1 is 0.462 bits per heavy atom. The van der Waals surface area contributed by atoms with Crippen LogP contribution in [0.3, 0.4) is 0 Å². The Balaban J connectivity index is 1.15. The molecule has 0 saturated heterocycles. The van der Waals surface area contributed by atoms with E-state index in [9.17, 15) is 0 Å². The Hall–Kier alpha value is -7.76. The van der Waals surface area contributed by atoms with Gasteiger partial charge in [-0.3, -0.25) is 0 Å². The highest BCUT2D eigenvalue weighted by Gasteiger charge is 2.48. The number of fused-ring (bicyclic) bond motifs is 16. The Kier molecular flexibility index (Phi) is 10.1. The van der Waals surface area contributed by atoms with Crippen LogP contribution in [0.2, 0.25) is 0 Å². The number of benzene rings is 9. The van der Waals surface area contributed by atoms with E-state index < -0.39 is 0 Å². The van der Waals surface area contributed by atoms with Gasteiger partial charge in [0.25, 0.3) is 0 Å². The van der Waals surface area contributed by atoms with Crippen LogP contribution in [0.5, 0.6) is 0 Å². The summed E-state index contributed by atoms with van der Waals surface area (Å²) in [6.45, 7) is 32.3. The highest BCUT2D eigenvalue weighted by Crippen LogP contribution is 2.55. The van der Waals surface area contributed by atoms with Crippen LogP contribution < -0.4 is 20.6 Å². The monoisotopic (exact) mass is 1020 g/mol. The van der Waals surface area contributed by atoms with Crippen molar-refractivity contribution in [2.45, 2.75) is 124 Å². The van der Waals surface area contributed by atoms with Crippen molar-refractivity contribution in [2.24, 2.45) is 0 Å². The molecule has 2 aliphatic heterocycles. The van der Waals surface area contributed by atoms with Gasteiger partial charge in [0.05, 0.1) is 16.4 Å². The third-order valence-electron chi connectivity index (χ3n) is 18.0. The SMILES string of the molecule is CC(C)(C)c1ccc(N2B3c4cc5c(cc4-n4c6ccc(C(C)(C)C)cc6c6c7oc8ccccc8c7c(c3c64)-c3ccc(N(c4ccc(C(C)(C)C)cc4)c4ccc(C(C)(C)C)cc4)cc32)-c2ccccc2C5(C)C)cc1. The number of hydrogen-bond donors (Lipinski definition) is 0. The quantitative estimate of drug-likeness (QED) is 0.164. The van der Waals surface area contributed by atoms with Crippen LogP contribution >= 0.6 is 0 Å². The molecule has 0 spiro atoms. The summed E-state index contributed by atoms with van der Waals surface area (Å²) in [5.74, 6) is 0. The molecule has 14 rings (SSSR count). The molecule has 0 atom stereocenters. The van der Waals surface area contributed by atoms with Gasteiger partial charge in [-0.1, -0.05) is 194 Å². The van der Waals surface area contributed by atoms with Crippen molar-refractivity contribution in [2.75, 3.05) is 9.71 Å². The molecule has 0 bridgehead atoms. The van der Waals surface area contributed by atoms with Crippen LogP contribution in [0.25, 0.3) is 71.7 Å². The fourth-order valence-electron chi connectivity index (χ4n) is 13.6. The van der Waals surface area contributed by atoms with Crippen molar-refractivity contribution in [3.63, 3.8) is 0 Å². The molecule has 9 aromatic carbocycles. The Morgan fingerprint density at radius 3 is 1.65 bits per heavy atom. The maximum absolute atomic E-state index is 7.35. The number of furan rings is 1. The smallest absolute Gasteiger partial charge is 0.333 e. The lowest BCUT2D eigenvalue weighted by molar-refractivity contribution is 0.590. The van der Waals surface area contributed by atoms with Gasteiger partial charge in [0.2, 0.25) is 0 Å². The molecule has 386 valence electrons. The predicted octanol–water partition coefficient (Wildman–Crippen LogP) is 18.9. The molecule has 0 N–H and O–H groups in total. The summed E-state index contributed by atoms with van der Waals surface area (Å²) < 4.78 is 9.99. The minimum absolute atomic E-state index is 0.0168. The molecule has 1 aliphatic carbocycles. The summed E-state index contributed by atoms with van der Waals surface area (Å²) in [7, 11) is 0. The van der Waals surface area contributed by atoms with Crippen LogP contribution in [-0.4, -0.2) is 11.4 Å². The van der Waals surface area contributed by atoms with E-state index in [1.54, 1.807) is 0 Å². The van der Waals surface area contributed by atoms with E-state index in [1.165, 1.54) is 99.4 Å². The highest BCUT2D eigenvalue weighted by molar-refractivity contribution is 6.94. The summed E-state index contributed by atoms with van der Waals surface area (Å²) in [6.07, 6.45) is 0. The first-order chi connectivity index (χ1) is 37.0. The van der Waals surface area contributed by atoms with Gasteiger partial charge in [-0.25, -0.2) is 0 Å². The second-order valence-electron chi connectivity index (χ2n) is 27.5. The number of rotatable bonds is 4. The first-order valence-electron chi connectivity index (χ1n) is 28.3. The number of anilines is 5. The molecule has 0 amide bonds. The third-order valence-corrected chi connectivity index (χ3v) is 18.0. The standard InChI is InChI=1S/C73H70BN3O/c1-69(2,3)43-23-30-47(31-24-43)75(48-32-25-44(26-33-48)70(4,5)6)50-36-37-52-60(40-50)77(49-34-27-45(28-35-49)71(7,8)9)74-58-42-57-54(51-19-15-17-21-56(51)73(57,13)14)41-61(58)76-59-38-29-46(72(10,11)12)39-55(59)65-67(76)66(74)63(52)64-53-20-16-18-22-62(53)78-68(64)65/h15-42H,1-14H3. The van der Waals surface area contributed by atoms with Gasteiger partial charge in [-0.2, -0.15) is 0 Å². The van der Waals surface area contributed by atoms with Crippen molar-refractivity contribution in [1.82, 2.24) is 4.57 Å². The van der Waals surface area contributed by atoms with E-state index in [4.69, 9.17) is 4.42 Å². The maximum atomic E-state index is 7.35. The molecule has 5 heteroatoms. The molecular formula is C73H70BN3O. The number of nitrogens with zero attached hydrogens (tertiary/aromatic N) is 3. The molecule has 2 aromatic heterocycles. The van der Waals surface area contributed by atoms with Crippen molar-refractivity contribution >= 4 is 90.0 Å². The predicted molar refractivity (Wildman–Crippen MR) is 334 cm³/mol. The number of para-hydroxylation sites is 1. The minimum Gasteiger partial charge on any atom is -0.455 e. The lowest BCUT2D eigenvalue weighted by Crippen LogP contribution is -2.60. The van der Waals surface area contributed by atoms with E-state index in [-0.39, 0.29) is 33.9 Å². The lowest BCUT2D eigenvalue weighted by Gasteiger charge is -2.43. The summed E-state index contributed by atoms with van der Waals surface area (Å²) in [5.41, 5.74) is 26.6. The van der Waals surface area contributed by atoms with Crippen LogP contribution in [-0.2, 0) is 27.1 Å². The van der Waals surface area contributed by atoms with Crippen molar-refractivity contribution < 1.29 is 4.42 Å². The average Bonchev–Trinajstić information content (AvgIpc) is 2.89. The van der Waals surface area contributed by atoms with E-state index in [1.807, 2.05) is 0 Å². The van der Waals surface area contributed by atoms with E-state index in [0.717, 1.165) is 45.0 Å². The zero-order valence-corrected chi connectivity index (χ0v) is 48.0. The maximum Gasteiger partial charge on any atom is 0.333 e. The van der Waals surface area contributed by atoms with Crippen LogP contribution in [0.15, 0.2) is 174 Å². The summed E-state index contributed by atoms with van der Waals surface area (Å²) in [5, 5.41) is 4.73. The zero-order valence-electron chi connectivity index (χ0n) is 48.0. The largest absolute Gasteiger partial charge is 0.455 e. The van der Waals surface area contributed by atoms with Crippen molar-refractivity contribution in [3.8, 4) is 27.9 Å². The van der Waals surface area contributed by atoms with Gasteiger partial charge in [-0.05, 0) is 155 Å². The number of aromatic nitrogens is 1. The molecule has 0 radical (unpaired) electrons. The van der Waals surface area contributed by atoms with Crippen molar-refractivity contribution in [1.29, 1.82) is 0 Å². The first-order valence-corrected chi connectivity index (χ1v) is 28.3. The second kappa shape index (κ2) is 16.2. The third kappa shape index (κ3) is 6.98. The van der Waals surface area contributed by atoms with E-state index in [0.29, 0.717) is 0 Å². The summed E-state index contributed by atoms with van der Waals surface area (Å²) in [4.78, 5) is 5.18. The minimum atomic E-state index is -0.215. The lowest BCUT2D eigenvalue weighted by atomic mass is 9.43. The zero-order chi connectivity index (χ0) is 54.3. The molecule has 78 heavy (non-hydrogen) atoms. The van der Waals surface area contributed by atoms with E-state index >= 15 is 0 Å². The fourth-order valence-corrected chi connectivity index (χ4v) is 13.6. The van der Waals surface area contributed by atoms with Gasteiger partial charge in [0, 0.05) is 61.3 Å². The van der Waals surface area contributed by atoms with Crippen LogP contribution in [0, 0.1) is 0 Å². The molecule has 3 aliphatic rings. The topological polar surface area (TPSA) is 24.6 Å². The van der Waals surface area contributed by atoms with Crippen LogP contribution in [0.4, 0.5) is 28.4 Å². The van der Waals surface area contributed by atoms with Gasteiger partial charge >= 0.3 is 6.85 Å². The van der Waals surface area contributed by atoms with Crippen LogP contribution in [0.1, 0.15) is 130 Å². The highest BCUT2D eigenvalue weighted by atomic mass is 16.3. The average molecular weight is 1020 g/mol. The van der Waals surface area contributed by atoms with Gasteiger partial charge in [-0.15, -0.1) is 0 Å². The van der Waals surface area contributed by atoms with E-state index in [2.05, 4.69) is 281 Å². The molecule has 4 nitrogen and oxygen atoms in total. The molecule has 0 saturated carbocycles. The molecule has 0 unspecified atom stereocenters. The molecule has 11 aromatic rings. The first kappa shape index (κ1) is 48.6. The Bertz CT molecular complexity index is 4250. The number of hydrogen-bond acceptors (Lipinski definition) is 3. The summed E-state index contributed by atoms with van der Waals surface area (Å²) in [6, 6.07) is 65.6. The Labute approximate surface area is 461 Å². The normalized spacial score (nSPS) is 14.6. The van der Waals surface area contributed by atoms with Gasteiger partial charge in [0.1, 0.15) is 11.2 Å². The molecular weight excluding hydrogens is 946 g/mol. The van der Waals surface area contributed by atoms with Gasteiger partial charge < -0.3 is 18.7 Å². The van der Waals surface area contributed by atoms with Gasteiger partial charge in [0.15, 0.2) is 0 Å². The summed E-state index contributed by atoms with van der Waals surface area (Å²) >= 11 is 0. The Morgan fingerprint density at radius 2 is 1.03 bits per heavy atom. The van der Waals surface area contributed by atoms with Crippen molar-refractivity contribution in [3.05, 3.63) is 203 Å². The molecule has 4 heterocycles.